The Kier molecular flexibility index (Phi) is 7.35. The fourth-order valence-electron chi connectivity index (χ4n) is 4.24. The Labute approximate surface area is 196 Å². The molecule has 1 aliphatic rings. The first-order valence-corrected chi connectivity index (χ1v) is 11.4. The summed E-state index contributed by atoms with van der Waals surface area (Å²) in [7, 11) is 1.60. The molecule has 0 saturated heterocycles. The minimum Gasteiger partial charge on any atom is -0.496 e. The second-order valence-corrected chi connectivity index (χ2v) is 9.84. The molecule has 0 aromatic heterocycles. The molecule has 33 heavy (non-hydrogen) atoms. The molecule has 0 fully saturated rings. The number of benzene rings is 2. The maximum atomic E-state index is 12.8. The van der Waals surface area contributed by atoms with E-state index in [1.165, 1.54) is 5.56 Å². The van der Waals surface area contributed by atoms with E-state index in [9.17, 15) is 9.59 Å². The van der Waals surface area contributed by atoms with Gasteiger partial charge in [0.15, 0.2) is 5.78 Å². The smallest absolute Gasteiger partial charge is 0.410 e. The average molecular weight is 454 g/mol. The van der Waals surface area contributed by atoms with Gasteiger partial charge in [0.1, 0.15) is 23.7 Å². The van der Waals surface area contributed by atoms with Crippen LogP contribution in [0.5, 0.6) is 11.5 Å². The standard InChI is InChI=1S/C27H35NO5/c1-17(2)25-23-10-9-22(15-20(23)12-13-28(25)26(30)33-27(4,5)6)32-16-21-14-19(18(3)29)8-11-24(21)31-7/h8-11,14-15,17,25H,12-13,16H2,1-7H3/t25-/m0/s1. The van der Waals surface area contributed by atoms with E-state index < -0.39 is 5.60 Å². The van der Waals surface area contributed by atoms with Crippen molar-refractivity contribution in [3.63, 3.8) is 0 Å². The van der Waals surface area contributed by atoms with E-state index in [0.717, 1.165) is 23.3 Å². The monoisotopic (exact) mass is 453 g/mol. The van der Waals surface area contributed by atoms with Crippen LogP contribution in [0.2, 0.25) is 0 Å². The molecular weight excluding hydrogens is 418 g/mol. The van der Waals surface area contributed by atoms with Crippen LogP contribution in [-0.2, 0) is 17.8 Å². The number of ether oxygens (including phenoxy) is 3. The van der Waals surface area contributed by atoms with E-state index in [-0.39, 0.29) is 23.8 Å². The van der Waals surface area contributed by atoms with Crippen molar-refractivity contribution in [2.45, 2.75) is 66.2 Å². The predicted molar refractivity (Wildman–Crippen MR) is 128 cm³/mol. The third-order valence-corrected chi connectivity index (χ3v) is 5.73. The van der Waals surface area contributed by atoms with Gasteiger partial charge < -0.3 is 19.1 Å². The first-order chi connectivity index (χ1) is 15.5. The lowest BCUT2D eigenvalue weighted by atomic mass is 9.86. The van der Waals surface area contributed by atoms with Crippen molar-refractivity contribution in [2.75, 3.05) is 13.7 Å². The van der Waals surface area contributed by atoms with Crippen LogP contribution in [0.15, 0.2) is 36.4 Å². The van der Waals surface area contributed by atoms with Crippen LogP contribution in [0, 0.1) is 5.92 Å². The predicted octanol–water partition coefficient (Wildman–Crippen LogP) is 5.97. The van der Waals surface area contributed by atoms with Gasteiger partial charge in [-0.2, -0.15) is 0 Å². The molecule has 2 aromatic rings. The van der Waals surface area contributed by atoms with Gasteiger partial charge in [-0.05, 0) is 81.5 Å². The summed E-state index contributed by atoms with van der Waals surface area (Å²) < 4.78 is 17.2. The number of nitrogens with zero attached hydrogens (tertiary/aromatic N) is 1. The summed E-state index contributed by atoms with van der Waals surface area (Å²) in [5.74, 6) is 1.67. The van der Waals surface area contributed by atoms with Crippen LogP contribution in [0.4, 0.5) is 4.79 Å². The molecule has 2 aromatic carbocycles. The molecule has 0 saturated carbocycles. The van der Waals surface area contributed by atoms with Gasteiger partial charge in [0.05, 0.1) is 13.2 Å². The summed E-state index contributed by atoms with van der Waals surface area (Å²) >= 11 is 0. The number of hydrogen-bond acceptors (Lipinski definition) is 5. The fraction of sp³-hybridized carbons (Fsp3) is 0.481. The summed E-state index contributed by atoms with van der Waals surface area (Å²) in [5, 5.41) is 0. The number of amides is 1. The lowest BCUT2D eigenvalue weighted by molar-refractivity contribution is 0.00876. The molecule has 6 nitrogen and oxygen atoms in total. The Bertz CT molecular complexity index is 1020. The minimum atomic E-state index is -0.530. The highest BCUT2D eigenvalue weighted by atomic mass is 16.6. The van der Waals surface area contributed by atoms with Crippen LogP contribution in [-0.4, -0.2) is 36.0 Å². The van der Waals surface area contributed by atoms with E-state index in [4.69, 9.17) is 14.2 Å². The van der Waals surface area contributed by atoms with Gasteiger partial charge in [-0.1, -0.05) is 19.9 Å². The topological polar surface area (TPSA) is 65.1 Å². The Morgan fingerprint density at radius 3 is 2.45 bits per heavy atom. The summed E-state index contributed by atoms with van der Waals surface area (Å²) in [6, 6.07) is 11.4. The number of carbonyl (C=O) groups excluding carboxylic acids is 2. The maximum Gasteiger partial charge on any atom is 0.410 e. The zero-order valence-electron chi connectivity index (χ0n) is 20.7. The van der Waals surface area contributed by atoms with Gasteiger partial charge in [-0.3, -0.25) is 4.79 Å². The molecule has 0 N–H and O–H groups in total. The maximum absolute atomic E-state index is 12.8. The van der Waals surface area contributed by atoms with Crippen molar-refractivity contribution in [1.29, 1.82) is 0 Å². The second kappa shape index (κ2) is 9.86. The molecular formula is C27H35NO5. The summed E-state index contributed by atoms with van der Waals surface area (Å²) in [5.41, 5.74) is 3.22. The molecule has 1 aliphatic heterocycles. The van der Waals surface area contributed by atoms with Crippen LogP contribution < -0.4 is 9.47 Å². The van der Waals surface area contributed by atoms with Gasteiger partial charge in [0, 0.05) is 17.7 Å². The number of hydrogen-bond donors (Lipinski definition) is 0. The molecule has 6 heteroatoms. The van der Waals surface area contributed by atoms with Crippen molar-refractivity contribution in [3.8, 4) is 11.5 Å². The largest absolute Gasteiger partial charge is 0.496 e. The fourth-order valence-corrected chi connectivity index (χ4v) is 4.24. The lowest BCUT2D eigenvalue weighted by Crippen LogP contribution is -2.44. The SMILES string of the molecule is COc1ccc(C(C)=O)cc1COc1ccc2c(c1)CCN(C(=O)OC(C)(C)C)[C@H]2C(C)C. The van der Waals surface area contributed by atoms with E-state index in [1.807, 2.05) is 37.8 Å². The third-order valence-electron chi connectivity index (χ3n) is 5.73. The molecule has 1 amide bonds. The van der Waals surface area contributed by atoms with Gasteiger partial charge >= 0.3 is 6.09 Å². The van der Waals surface area contributed by atoms with E-state index in [0.29, 0.717) is 24.5 Å². The van der Waals surface area contributed by atoms with Crippen molar-refractivity contribution in [1.82, 2.24) is 4.90 Å². The molecule has 1 atom stereocenters. The number of methoxy groups -OCH3 is 1. The molecule has 0 unspecified atom stereocenters. The summed E-state index contributed by atoms with van der Waals surface area (Å²) in [4.78, 5) is 26.4. The highest BCUT2D eigenvalue weighted by molar-refractivity contribution is 5.94. The number of fused-ring (bicyclic) bond motifs is 1. The van der Waals surface area contributed by atoms with E-state index in [1.54, 1.807) is 26.2 Å². The highest BCUT2D eigenvalue weighted by Gasteiger charge is 2.35. The second-order valence-electron chi connectivity index (χ2n) is 9.84. The molecule has 0 spiro atoms. The Hall–Kier alpha value is -3.02. The number of carbonyl (C=O) groups is 2. The first-order valence-electron chi connectivity index (χ1n) is 11.4. The third kappa shape index (κ3) is 5.86. The molecule has 0 radical (unpaired) electrons. The molecule has 1 heterocycles. The van der Waals surface area contributed by atoms with Gasteiger partial charge in [-0.25, -0.2) is 4.79 Å². The van der Waals surface area contributed by atoms with Crippen molar-refractivity contribution < 1.29 is 23.8 Å². The van der Waals surface area contributed by atoms with Gasteiger partial charge in [0.2, 0.25) is 0 Å². The summed E-state index contributed by atoms with van der Waals surface area (Å²) in [6.45, 7) is 12.3. The number of Topliss-reactive ketones (excluding diaryl/α,β-unsaturated/α-hetero) is 1. The van der Waals surface area contributed by atoms with E-state index >= 15 is 0 Å². The van der Waals surface area contributed by atoms with E-state index in [2.05, 4.69) is 26.0 Å². The first kappa shape index (κ1) is 24.6. The van der Waals surface area contributed by atoms with Gasteiger partial charge in [0.25, 0.3) is 0 Å². The lowest BCUT2D eigenvalue weighted by Gasteiger charge is -2.40. The average Bonchev–Trinajstić information content (AvgIpc) is 2.74. The van der Waals surface area contributed by atoms with Crippen LogP contribution >= 0.6 is 0 Å². The summed E-state index contributed by atoms with van der Waals surface area (Å²) in [6.07, 6.45) is 0.461. The molecule has 0 aliphatic carbocycles. The Morgan fingerprint density at radius 2 is 1.85 bits per heavy atom. The van der Waals surface area contributed by atoms with Crippen molar-refractivity contribution in [3.05, 3.63) is 58.7 Å². The van der Waals surface area contributed by atoms with Crippen LogP contribution in [0.3, 0.4) is 0 Å². The van der Waals surface area contributed by atoms with Crippen LogP contribution in [0.1, 0.15) is 74.6 Å². The van der Waals surface area contributed by atoms with Crippen molar-refractivity contribution in [2.24, 2.45) is 5.92 Å². The molecule has 3 rings (SSSR count). The minimum absolute atomic E-state index is 0.00181. The number of ketones is 1. The molecule has 0 bridgehead atoms. The van der Waals surface area contributed by atoms with Crippen LogP contribution in [0.25, 0.3) is 0 Å². The zero-order valence-corrected chi connectivity index (χ0v) is 20.7. The molecule has 178 valence electrons. The quantitative estimate of drug-likeness (QED) is 0.505. The van der Waals surface area contributed by atoms with Crippen molar-refractivity contribution >= 4 is 11.9 Å². The van der Waals surface area contributed by atoms with Gasteiger partial charge in [-0.15, -0.1) is 0 Å². The Morgan fingerprint density at radius 1 is 1.12 bits per heavy atom. The highest BCUT2D eigenvalue weighted by Crippen LogP contribution is 2.38. The Balaban J connectivity index is 1.81. The zero-order chi connectivity index (χ0) is 24.3. The normalized spacial score (nSPS) is 15.8. The number of rotatable bonds is 6.